The molecule has 29 heavy (non-hydrogen) atoms. The summed E-state index contributed by atoms with van der Waals surface area (Å²) < 4.78 is 5.36. The van der Waals surface area contributed by atoms with E-state index in [-0.39, 0.29) is 0 Å². The molecule has 3 N–H and O–H groups in total. The molecule has 3 rings (SSSR count). The highest BCUT2D eigenvalue weighted by atomic mass is 32.1. The monoisotopic (exact) mass is 408 g/mol. The number of benzene rings is 1. The number of furan rings is 1. The fourth-order valence-electron chi connectivity index (χ4n) is 2.77. The first-order valence-electron chi connectivity index (χ1n) is 9.35. The normalized spacial score (nSPS) is 11.2. The van der Waals surface area contributed by atoms with Gasteiger partial charge in [-0.3, -0.25) is 5.32 Å². The van der Waals surface area contributed by atoms with Gasteiger partial charge in [-0.1, -0.05) is 25.1 Å². The van der Waals surface area contributed by atoms with Gasteiger partial charge >= 0.3 is 0 Å². The first-order chi connectivity index (χ1) is 14.0. The van der Waals surface area contributed by atoms with Gasteiger partial charge in [0.1, 0.15) is 12.3 Å². The van der Waals surface area contributed by atoms with Crippen LogP contribution in [-0.4, -0.2) is 21.0 Å². The molecule has 0 saturated carbocycles. The van der Waals surface area contributed by atoms with E-state index in [1.807, 2.05) is 50.2 Å². The summed E-state index contributed by atoms with van der Waals surface area (Å²) in [5, 5.41) is 9.87. The fraction of sp³-hybridized carbons (Fsp3) is 0.238. The zero-order valence-corrected chi connectivity index (χ0v) is 17.5. The van der Waals surface area contributed by atoms with Gasteiger partial charge in [0.05, 0.1) is 6.26 Å². The Bertz CT molecular complexity index is 980. The molecule has 0 aliphatic heterocycles. The van der Waals surface area contributed by atoms with Crippen molar-refractivity contribution in [2.75, 3.05) is 10.6 Å². The zero-order chi connectivity index (χ0) is 20.6. The second kappa shape index (κ2) is 9.79. The van der Waals surface area contributed by atoms with Crippen molar-refractivity contribution in [3.8, 4) is 0 Å². The molecule has 7 nitrogen and oxygen atoms in total. The number of nitrogens with one attached hydrogen (secondary N) is 3. The van der Waals surface area contributed by atoms with E-state index in [1.165, 1.54) is 5.56 Å². The van der Waals surface area contributed by atoms with Crippen LogP contribution in [0.3, 0.4) is 0 Å². The highest BCUT2D eigenvalue weighted by Crippen LogP contribution is 2.15. The molecule has 1 aromatic carbocycles. The average Bonchev–Trinajstić information content (AvgIpc) is 3.19. The zero-order valence-electron chi connectivity index (χ0n) is 16.7. The Morgan fingerprint density at radius 3 is 2.52 bits per heavy atom. The smallest absolute Gasteiger partial charge is 0.229 e. The minimum absolute atomic E-state index is 0.349. The van der Waals surface area contributed by atoms with Crippen molar-refractivity contribution in [1.29, 1.82) is 0 Å². The molecule has 0 atom stereocenters. The van der Waals surface area contributed by atoms with Crippen LogP contribution in [0.5, 0.6) is 0 Å². The fourth-order valence-corrected chi connectivity index (χ4v) is 2.98. The van der Waals surface area contributed by atoms with Crippen molar-refractivity contribution in [2.45, 2.75) is 33.7 Å². The van der Waals surface area contributed by atoms with Gasteiger partial charge in [0, 0.05) is 17.1 Å². The number of para-hydroxylation sites is 1. The summed E-state index contributed by atoms with van der Waals surface area (Å²) in [5.41, 5.74) is 3.86. The van der Waals surface area contributed by atoms with Gasteiger partial charge in [-0.25, -0.2) is 15.0 Å². The van der Waals surface area contributed by atoms with E-state index >= 15 is 0 Å². The Kier molecular flexibility index (Phi) is 6.91. The van der Waals surface area contributed by atoms with Crippen LogP contribution >= 0.6 is 12.2 Å². The average molecular weight is 409 g/mol. The molecule has 0 spiro atoms. The Morgan fingerprint density at radius 2 is 1.83 bits per heavy atom. The van der Waals surface area contributed by atoms with Gasteiger partial charge in [-0.2, -0.15) is 0 Å². The van der Waals surface area contributed by atoms with Gasteiger partial charge in [-0.15, -0.1) is 0 Å². The van der Waals surface area contributed by atoms with Crippen LogP contribution in [0.2, 0.25) is 0 Å². The summed E-state index contributed by atoms with van der Waals surface area (Å²) in [7, 11) is 0. The van der Waals surface area contributed by atoms with Crippen LogP contribution in [0.4, 0.5) is 11.6 Å². The standard InChI is InChI=1S/C21H24N6OS/c1-4-16-8-5-6-10-18(16)25-21(29)27-19(22-13-17-9-7-11-28-17)26-20-23-14(2)12-15(3)24-20/h5-12H,4,13H2,1-3H3,(H3,22,23,24,25,26,27,29). The summed E-state index contributed by atoms with van der Waals surface area (Å²) in [6, 6.07) is 13.6. The Labute approximate surface area is 175 Å². The highest BCUT2D eigenvalue weighted by molar-refractivity contribution is 7.80. The Morgan fingerprint density at radius 1 is 1.07 bits per heavy atom. The van der Waals surface area contributed by atoms with Crippen LogP contribution in [0, 0.1) is 13.8 Å². The van der Waals surface area contributed by atoms with Crippen LogP contribution in [0.15, 0.2) is 58.1 Å². The van der Waals surface area contributed by atoms with E-state index < -0.39 is 0 Å². The van der Waals surface area contributed by atoms with Gasteiger partial charge < -0.3 is 15.1 Å². The molecule has 2 aromatic heterocycles. The van der Waals surface area contributed by atoms with Crippen LogP contribution in [0.1, 0.15) is 29.6 Å². The number of hydrogen-bond donors (Lipinski definition) is 3. The second-order valence-corrected chi connectivity index (χ2v) is 6.84. The number of guanidine groups is 1. The summed E-state index contributed by atoms with van der Waals surface area (Å²) >= 11 is 5.49. The maximum Gasteiger partial charge on any atom is 0.229 e. The number of aryl methyl sites for hydroxylation is 3. The molecule has 0 bridgehead atoms. The molecule has 0 aliphatic rings. The molecule has 0 amide bonds. The summed E-state index contributed by atoms with van der Waals surface area (Å²) in [4.78, 5) is 13.4. The maximum atomic E-state index is 5.49. The molecule has 0 aliphatic carbocycles. The second-order valence-electron chi connectivity index (χ2n) is 6.43. The lowest BCUT2D eigenvalue weighted by Gasteiger charge is -2.15. The van der Waals surface area contributed by atoms with E-state index in [0.29, 0.717) is 23.6 Å². The third-order valence-electron chi connectivity index (χ3n) is 4.06. The SMILES string of the molecule is CCc1ccccc1NC(=S)NC(=NCc1ccco1)Nc1nc(C)cc(C)n1. The van der Waals surface area contributed by atoms with E-state index in [0.717, 1.165) is 29.3 Å². The topological polar surface area (TPSA) is 87.4 Å². The molecule has 8 heteroatoms. The van der Waals surface area contributed by atoms with Crippen LogP contribution in [0.25, 0.3) is 0 Å². The molecule has 150 valence electrons. The number of aliphatic imine (C=N–C) groups is 1. The molecule has 0 saturated heterocycles. The lowest BCUT2D eigenvalue weighted by Crippen LogP contribution is -2.39. The van der Waals surface area contributed by atoms with E-state index in [2.05, 4.69) is 43.9 Å². The Hall–Kier alpha value is -3.26. The van der Waals surface area contributed by atoms with Crippen molar-refractivity contribution < 1.29 is 4.42 Å². The quantitative estimate of drug-likeness (QED) is 0.331. The van der Waals surface area contributed by atoms with Crippen molar-refractivity contribution in [1.82, 2.24) is 15.3 Å². The first kappa shape index (κ1) is 20.5. The summed E-state index contributed by atoms with van der Waals surface area (Å²) in [6.45, 7) is 6.29. The maximum absolute atomic E-state index is 5.49. The van der Waals surface area contributed by atoms with Crippen molar-refractivity contribution >= 4 is 34.9 Å². The first-order valence-corrected chi connectivity index (χ1v) is 9.76. The predicted octanol–water partition coefficient (Wildman–Crippen LogP) is 4.20. The molecule has 2 heterocycles. The number of rotatable bonds is 5. The van der Waals surface area contributed by atoms with Crippen molar-refractivity contribution in [3.63, 3.8) is 0 Å². The van der Waals surface area contributed by atoms with E-state index in [4.69, 9.17) is 16.6 Å². The largest absolute Gasteiger partial charge is 0.467 e. The van der Waals surface area contributed by atoms with E-state index in [1.54, 1.807) is 6.26 Å². The number of aromatic nitrogens is 2. The van der Waals surface area contributed by atoms with E-state index in [9.17, 15) is 0 Å². The molecule has 0 unspecified atom stereocenters. The summed E-state index contributed by atoms with van der Waals surface area (Å²) in [6.07, 6.45) is 2.52. The lowest BCUT2D eigenvalue weighted by molar-refractivity contribution is 0.512. The lowest BCUT2D eigenvalue weighted by atomic mass is 10.1. The molecular formula is C21H24N6OS. The van der Waals surface area contributed by atoms with Gasteiger partial charge in [-0.05, 0) is 62.3 Å². The number of anilines is 2. The third-order valence-corrected chi connectivity index (χ3v) is 4.27. The van der Waals surface area contributed by atoms with Gasteiger partial charge in [0.15, 0.2) is 5.11 Å². The van der Waals surface area contributed by atoms with Gasteiger partial charge in [0.2, 0.25) is 11.9 Å². The number of hydrogen-bond acceptors (Lipinski definition) is 5. The minimum atomic E-state index is 0.349. The predicted molar refractivity (Wildman–Crippen MR) is 120 cm³/mol. The highest BCUT2D eigenvalue weighted by Gasteiger charge is 2.09. The molecule has 0 radical (unpaired) electrons. The molecular weight excluding hydrogens is 384 g/mol. The van der Waals surface area contributed by atoms with Crippen molar-refractivity contribution in [2.24, 2.45) is 4.99 Å². The van der Waals surface area contributed by atoms with Gasteiger partial charge in [0.25, 0.3) is 0 Å². The Balaban J connectivity index is 1.76. The van der Waals surface area contributed by atoms with Crippen LogP contribution in [-0.2, 0) is 13.0 Å². The molecule has 0 fully saturated rings. The molecule has 3 aromatic rings. The summed E-state index contributed by atoms with van der Waals surface area (Å²) in [5.74, 6) is 1.62. The van der Waals surface area contributed by atoms with Crippen molar-refractivity contribution in [3.05, 3.63) is 71.4 Å². The number of nitrogens with zero attached hydrogens (tertiary/aromatic N) is 3. The minimum Gasteiger partial charge on any atom is -0.467 e. The van der Waals surface area contributed by atoms with Crippen LogP contribution < -0.4 is 16.0 Å². The third kappa shape index (κ3) is 6.11. The number of thiocarbonyl (C=S) groups is 1.